The maximum atomic E-state index is 14.1. The molecule has 1 heterocycles. The van der Waals surface area contributed by atoms with Crippen molar-refractivity contribution in [2.45, 2.75) is 6.54 Å². The molecule has 0 N–H and O–H groups in total. The van der Waals surface area contributed by atoms with Crippen LogP contribution in [0.2, 0.25) is 0 Å². The van der Waals surface area contributed by atoms with Crippen molar-refractivity contribution in [1.82, 2.24) is 9.55 Å². The van der Waals surface area contributed by atoms with E-state index in [9.17, 15) is 13.6 Å². The molecular formula is C30H22F2N2O3. The van der Waals surface area contributed by atoms with Crippen LogP contribution in [0, 0.1) is 11.6 Å². The van der Waals surface area contributed by atoms with Crippen LogP contribution in [0.15, 0.2) is 103 Å². The van der Waals surface area contributed by atoms with E-state index in [0.717, 1.165) is 22.8 Å². The minimum atomic E-state index is -0.773. The Balaban J connectivity index is 1.52. The molecular weight excluding hydrogens is 474 g/mol. The van der Waals surface area contributed by atoms with Crippen molar-refractivity contribution in [2.24, 2.45) is 0 Å². The molecule has 0 amide bonds. The summed E-state index contributed by atoms with van der Waals surface area (Å²) in [6, 6.07) is 27.9. The Labute approximate surface area is 212 Å². The Kier molecular flexibility index (Phi) is 7.03. The molecule has 5 aromatic rings. The van der Waals surface area contributed by atoms with Crippen molar-refractivity contribution in [3.8, 4) is 5.75 Å². The van der Waals surface area contributed by atoms with Crippen molar-refractivity contribution in [1.29, 1.82) is 0 Å². The summed E-state index contributed by atoms with van der Waals surface area (Å²) >= 11 is 0. The highest BCUT2D eigenvalue weighted by Crippen LogP contribution is 2.25. The fraction of sp³-hybridized carbons (Fsp3) is 0.0667. The van der Waals surface area contributed by atoms with Crippen molar-refractivity contribution < 1.29 is 23.0 Å². The number of esters is 1. The average Bonchev–Trinajstić information content (AvgIpc) is 3.26. The largest absolute Gasteiger partial charge is 0.492 e. The summed E-state index contributed by atoms with van der Waals surface area (Å²) < 4.78 is 41.3. The zero-order valence-corrected chi connectivity index (χ0v) is 19.7. The van der Waals surface area contributed by atoms with Gasteiger partial charge < -0.3 is 14.0 Å². The van der Waals surface area contributed by atoms with Crippen LogP contribution in [-0.4, -0.2) is 22.1 Å². The number of ether oxygens (including phenoxy) is 2. The number of fused-ring (bicyclic) bond motifs is 1. The molecule has 0 radical (unpaired) electrons. The zero-order valence-electron chi connectivity index (χ0n) is 19.7. The fourth-order valence-electron chi connectivity index (χ4n) is 3.92. The molecule has 0 spiro atoms. The van der Waals surface area contributed by atoms with Gasteiger partial charge >= 0.3 is 5.97 Å². The van der Waals surface area contributed by atoms with Crippen molar-refractivity contribution in [3.63, 3.8) is 0 Å². The van der Waals surface area contributed by atoms with E-state index < -0.39 is 17.6 Å². The number of nitrogens with zero attached hydrogens (tertiary/aromatic N) is 2. The lowest BCUT2D eigenvalue weighted by Crippen LogP contribution is -2.10. The molecule has 0 atom stereocenters. The van der Waals surface area contributed by atoms with Gasteiger partial charge in [0, 0.05) is 11.6 Å². The molecule has 7 heteroatoms. The zero-order chi connectivity index (χ0) is 25.6. The van der Waals surface area contributed by atoms with Crippen LogP contribution in [0.5, 0.6) is 5.75 Å². The van der Waals surface area contributed by atoms with Gasteiger partial charge in [-0.15, -0.1) is 0 Å². The molecule has 5 rings (SSSR count). The molecule has 4 aromatic carbocycles. The third-order valence-corrected chi connectivity index (χ3v) is 5.64. The Morgan fingerprint density at radius 2 is 1.49 bits per heavy atom. The van der Waals surface area contributed by atoms with E-state index in [1.54, 1.807) is 12.1 Å². The molecule has 0 bridgehead atoms. The molecule has 1 aromatic heterocycles. The van der Waals surface area contributed by atoms with Gasteiger partial charge in [-0.25, -0.2) is 18.6 Å². The summed E-state index contributed by atoms with van der Waals surface area (Å²) in [5.74, 6) is -0.516. The van der Waals surface area contributed by atoms with Crippen LogP contribution in [0.3, 0.4) is 0 Å². The van der Waals surface area contributed by atoms with Crippen LogP contribution in [-0.2, 0) is 11.3 Å². The van der Waals surface area contributed by atoms with Gasteiger partial charge in [0.15, 0.2) is 0 Å². The highest BCUT2D eigenvalue weighted by molar-refractivity contribution is 5.95. The molecule has 0 unspecified atom stereocenters. The van der Waals surface area contributed by atoms with Gasteiger partial charge in [-0.3, -0.25) is 0 Å². The Morgan fingerprint density at radius 3 is 2.24 bits per heavy atom. The number of imidazole rings is 1. The summed E-state index contributed by atoms with van der Waals surface area (Å²) in [5.41, 5.74) is 1.97. The lowest BCUT2D eigenvalue weighted by molar-refractivity contribution is 0.0693. The van der Waals surface area contributed by atoms with Crippen LogP contribution in [0.1, 0.15) is 21.7 Å². The third kappa shape index (κ3) is 5.73. The lowest BCUT2D eigenvalue weighted by atomic mass is 10.1. The van der Waals surface area contributed by atoms with Crippen molar-refractivity contribution >= 4 is 28.8 Å². The number of carbonyl (C=O) groups is 1. The van der Waals surface area contributed by atoms with Crippen LogP contribution in [0.25, 0.3) is 22.9 Å². The van der Waals surface area contributed by atoms with Crippen molar-refractivity contribution in [2.75, 3.05) is 6.61 Å². The Bertz CT molecular complexity index is 1580. The maximum absolute atomic E-state index is 14.1. The average molecular weight is 497 g/mol. The van der Waals surface area contributed by atoms with E-state index in [4.69, 9.17) is 14.5 Å². The van der Waals surface area contributed by atoms with E-state index >= 15 is 0 Å². The molecule has 0 aliphatic heterocycles. The molecule has 37 heavy (non-hydrogen) atoms. The standard InChI is InChI=1S/C30H22F2N2O3/c31-23-10-6-8-21(18-23)28(37-30(35)22-9-7-11-24(32)19-22)20-29-33-26-14-4-5-15-27(26)34(29)16-17-36-25-12-2-1-3-13-25/h1-15,18-20H,16-17H2. The first-order valence-electron chi connectivity index (χ1n) is 11.7. The second-order valence-corrected chi connectivity index (χ2v) is 8.19. The number of carbonyl (C=O) groups excluding carboxylic acids is 1. The maximum Gasteiger partial charge on any atom is 0.343 e. The molecule has 0 saturated carbocycles. The van der Waals surface area contributed by atoms with Crippen LogP contribution >= 0.6 is 0 Å². The van der Waals surface area contributed by atoms with Gasteiger partial charge in [0.25, 0.3) is 0 Å². The summed E-state index contributed by atoms with van der Waals surface area (Å²) in [5, 5.41) is 0. The minimum absolute atomic E-state index is 0.0343. The summed E-state index contributed by atoms with van der Waals surface area (Å²) in [4.78, 5) is 17.6. The van der Waals surface area contributed by atoms with E-state index in [0.29, 0.717) is 24.5 Å². The number of rotatable bonds is 8. The van der Waals surface area contributed by atoms with Gasteiger partial charge in [-0.1, -0.05) is 48.5 Å². The predicted molar refractivity (Wildman–Crippen MR) is 138 cm³/mol. The molecule has 0 aliphatic rings. The van der Waals surface area contributed by atoms with Crippen LogP contribution in [0.4, 0.5) is 8.78 Å². The number of para-hydroxylation sites is 3. The first-order valence-corrected chi connectivity index (χ1v) is 11.7. The number of hydrogen-bond donors (Lipinski definition) is 0. The SMILES string of the molecule is O=C(OC(=Cc1nc2ccccc2n1CCOc1ccccc1)c1cccc(F)c1)c1cccc(F)c1. The van der Waals surface area contributed by atoms with E-state index in [1.165, 1.54) is 36.4 Å². The van der Waals surface area contributed by atoms with Gasteiger partial charge in [-0.2, -0.15) is 0 Å². The summed E-state index contributed by atoms with van der Waals surface area (Å²) in [6.45, 7) is 0.819. The summed E-state index contributed by atoms with van der Waals surface area (Å²) in [6.07, 6.45) is 1.58. The molecule has 5 nitrogen and oxygen atoms in total. The topological polar surface area (TPSA) is 53.3 Å². The number of halogens is 2. The van der Waals surface area contributed by atoms with Crippen molar-refractivity contribution in [3.05, 3.63) is 132 Å². The smallest absolute Gasteiger partial charge is 0.343 e. The molecule has 0 fully saturated rings. The monoisotopic (exact) mass is 496 g/mol. The molecule has 0 aliphatic carbocycles. The lowest BCUT2D eigenvalue weighted by Gasteiger charge is -2.12. The van der Waals surface area contributed by atoms with E-state index in [2.05, 4.69) is 0 Å². The Morgan fingerprint density at radius 1 is 0.811 bits per heavy atom. The van der Waals surface area contributed by atoms with Gasteiger partial charge in [-0.05, 0) is 54.6 Å². The predicted octanol–water partition coefficient (Wildman–Crippen LogP) is 6.75. The second kappa shape index (κ2) is 10.9. The highest BCUT2D eigenvalue weighted by atomic mass is 19.1. The quantitative estimate of drug-likeness (QED) is 0.176. The number of aromatic nitrogens is 2. The summed E-state index contributed by atoms with van der Waals surface area (Å²) in [7, 11) is 0. The third-order valence-electron chi connectivity index (χ3n) is 5.64. The van der Waals surface area contributed by atoms with E-state index in [-0.39, 0.29) is 11.3 Å². The number of benzene rings is 4. The Hall–Kier alpha value is -4.78. The second-order valence-electron chi connectivity index (χ2n) is 8.19. The van der Waals surface area contributed by atoms with Gasteiger partial charge in [0.1, 0.15) is 35.6 Å². The van der Waals surface area contributed by atoms with Gasteiger partial charge in [0.2, 0.25) is 0 Å². The van der Waals surface area contributed by atoms with Gasteiger partial charge in [0.05, 0.1) is 23.1 Å². The molecule has 0 saturated heterocycles. The van der Waals surface area contributed by atoms with E-state index in [1.807, 2.05) is 59.2 Å². The normalized spacial score (nSPS) is 11.5. The first kappa shape index (κ1) is 23.9. The first-order chi connectivity index (χ1) is 18.1. The number of hydrogen-bond acceptors (Lipinski definition) is 4. The molecule has 184 valence electrons. The highest BCUT2D eigenvalue weighted by Gasteiger charge is 2.17. The minimum Gasteiger partial charge on any atom is -0.492 e. The van der Waals surface area contributed by atoms with Crippen LogP contribution < -0.4 is 4.74 Å². The fourth-order valence-corrected chi connectivity index (χ4v) is 3.92.